The molecule has 6 amide bonds. The molecular weight excluding hydrogens is 620 g/mol. The fourth-order valence-electron chi connectivity index (χ4n) is 4.18. The van der Waals surface area contributed by atoms with Crippen LogP contribution < -0.4 is 44.2 Å². The first kappa shape index (κ1) is 38.2. The van der Waals surface area contributed by atoms with Crippen LogP contribution >= 0.6 is 25.3 Å². The summed E-state index contributed by atoms with van der Waals surface area (Å²) in [5, 5.41) is 18.6. The van der Waals surface area contributed by atoms with E-state index in [1.54, 1.807) is 0 Å². The number of amides is 6. The Bertz CT molecular complexity index is 1110. The zero-order valence-electron chi connectivity index (χ0n) is 24.2. The van der Waals surface area contributed by atoms with Crippen LogP contribution in [-0.2, 0) is 33.6 Å². The van der Waals surface area contributed by atoms with Crippen LogP contribution in [0.1, 0.15) is 39.0 Å². The number of rotatable bonds is 18. The highest BCUT2D eigenvalue weighted by Crippen LogP contribution is 2.19. The van der Waals surface area contributed by atoms with Gasteiger partial charge in [0.2, 0.25) is 35.4 Å². The van der Waals surface area contributed by atoms with Gasteiger partial charge in [0, 0.05) is 24.6 Å². The number of nitrogens with two attached hydrogens (primary N) is 4. The standard InChI is InChI=1S/C24H42N10O8S2/c1-11(18(36)32-14(8-17(26)35)20(38)33-15(10-44)23(41)42)30-19(37)13(4-2-6-29-24(27)28)31-21(39)16-5-3-7-34(16)22(40)12(25)9-43/h11-16,43-44H,2-10,25H2,1H3,(H2,26,35)(H,30,37)(H,31,39)(H,32,36)(H,33,38)(H,41,42)(H4,27,28,29)/t11-,12-,13-,14-,15-,16-/m0/s1. The van der Waals surface area contributed by atoms with Crippen LogP contribution in [-0.4, -0.2) is 118 Å². The molecule has 1 fully saturated rings. The smallest absolute Gasteiger partial charge is 0.327 e. The third kappa shape index (κ3) is 12.4. The molecule has 1 rings (SSSR count). The molecule has 0 radical (unpaired) electrons. The maximum atomic E-state index is 13.2. The lowest BCUT2D eigenvalue weighted by Crippen LogP contribution is -2.59. The second-order valence-electron chi connectivity index (χ2n) is 10.0. The average molecular weight is 663 g/mol. The SMILES string of the molecule is C[C@H](NC(=O)[C@H](CCCN=C(N)N)NC(=O)[C@@H]1CCCN1C(=O)[C@@H](N)CS)C(=O)N[C@@H](CC(N)=O)C(=O)N[C@@H](CS)C(=O)O. The number of guanidine groups is 1. The van der Waals surface area contributed by atoms with E-state index in [0.717, 1.165) is 0 Å². The van der Waals surface area contributed by atoms with Crippen LogP contribution in [0.25, 0.3) is 0 Å². The highest BCUT2D eigenvalue weighted by molar-refractivity contribution is 7.80. The number of thiol groups is 2. The van der Waals surface area contributed by atoms with Crippen LogP contribution in [0, 0.1) is 0 Å². The molecule has 6 atom stereocenters. The summed E-state index contributed by atoms with van der Waals surface area (Å²) >= 11 is 7.89. The molecule has 0 aromatic heterocycles. The van der Waals surface area contributed by atoms with Gasteiger partial charge in [-0.1, -0.05) is 0 Å². The minimum atomic E-state index is -1.55. The molecule has 1 heterocycles. The Kier molecular flexibility index (Phi) is 16.3. The number of nitrogens with one attached hydrogen (secondary N) is 4. The van der Waals surface area contributed by atoms with Gasteiger partial charge >= 0.3 is 5.97 Å². The van der Waals surface area contributed by atoms with Gasteiger partial charge in [-0.2, -0.15) is 25.3 Å². The van der Waals surface area contributed by atoms with Gasteiger partial charge in [0.1, 0.15) is 30.2 Å². The summed E-state index contributed by atoms with van der Waals surface area (Å²) in [5.41, 5.74) is 21.7. The number of primary amides is 1. The Morgan fingerprint density at radius 3 is 2.07 bits per heavy atom. The van der Waals surface area contributed by atoms with Crippen molar-refractivity contribution in [3.8, 4) is 0 Å². The molecule has 1 saturated heterocycles. The molecule has 0 spiro atoms. The normalized spacial score (nSPS) is 17.6. The Hall–Kier alpha value is -3.78. The quantitative estimate of drug-likeness (QED) is 0.0286. The van der Waals surface area contributed by atoms with Crippen molar-refractivity contribution in [2.24, 2.45) is 27.9 Å². The lowest BCUT2D eigenvalue weighted by molar-refractivity contribution is -0.142. The second kappa shape index (κ2) is 18.8. The summed E-state index contributed by atoms with van der Waals surface area (Å²) in [6.45, 7) is 1.73. The lowest BCUT2D eigenvalue weighted by atomic mass is 10.1. The van der Waals surface area contributed by atoms with E-state index in [2.05, 4.69) is 51.5 Å². The Morgan fingerprint density at radius 1 is 0.909 bits per heavy atom. The van der Waals surface area contributed by atoms with Gasteiger partial charge in [-0.15, -0.1) is 0 Å². The van der Waals surface area contributed by atoms with Gasteiger partial charge in [-0.3, -0.25) is 33.8 Å². The number of carbonyl (C=O) groups is 7. The highest BCUT2D eigenvalue weighted by Gasteiger charge is 2.37. The van der Waals surface area contributed by atoms with E-state index in [1.807, 2.05) is 0 Å². The Labute approximate surface area is 265 Å². The molecule has 1 aliphatic heterocycles. The molecule has 18 nitrogen and oxygen atoms in total. The molecule has 0 saturated carbocycles. The number of carbonyl (C=O) groups excluding carboxylic acids is 6. The minimum Gasteiger partial charge on any atom is -0.480 e. The topological polar surface area (TPSA) is 308 Å². The summed E-state index contributed by atoms with van der Waals surface area (Å²) < 4.78 is 0. The molecule has 1 aliphatic rings. The van der Waals surface area contributed by atoms with Crippen molar-refractivity contribution >= 4 is 72.6 Å². The molecule has 20 heteroatoms. The molecule has 0 bridgehead atoms. The zero-order chi connectivity index (χ0) is 33.6. The average Bonchev–Trinajstić information content (AvgIpc) is 3.45. The van der Waals surface area contributed by atoms with Crippen LogP contribution in [0.15, 0.2) is 4.99 Å². The number of hydrogen-bond acceptors (Lipinski definition) is 11. The fourth-order valence-corrected chi connectivity index (χ4v) is 4.58. The third-order valence-corrected chi connectivity index (χ3v) is 7.28. The van der Waals surface area contributed by atoms with Crippen LogP contribution in [0.3, 0.4) is 0 Å². The van der Waals surface area contributed by atoms with Gasteiger partial charge in [-0.25, -0.2) is 4.79 Å². The number of aliphatic imine (C=N–C) groups is 1. The summed E-state index contributed by atoms with van der Waals surface area (Å²) in [6.07, 6.45) is 0.534. The summed E-state index contributed by atoms with van der Waals surface area (Å²) in [7, 11) is 0. The monoisotopic (exact) mass is 662 g/mol. The number of carboxylic acid groups (broad SMARTS) is 1. The number of carboxylic acids is 1. The van der Waals surface area contributed by atoms with Crippen LogP contribution in [0.4, 0.5) is 0 Å². The van der Waals surface area contributed by atoms with Crippen molar-refractivity contribution in [1.82, 2.24) is 26.2 Å². The van der Waals surface area contributed by atoms with Crippen LogP contribution in [0.5, 0.6) is 0 Å². The molecule has 0 aromatic rings. The largest absolute Gasteiger partial charge is 0.480 e. The van der Waals surface area contributed by atoms with Gasteiger partial charge in [-0.05, 0) is 32.6 Å². The minimum absolute atomic E-state index is 0.0481. The van der Waals surface area contributed by atoms with E-state index in [4.69, 9.17) is 28.0 Å². The van der Waals surface area contributed by atoms with Gasteiger partial charge in [0.15, 0.2) is 5.96 Å². The first-order valence-corrected chi connectivity index (χ1v) is 14.9. The van der Waals surface area contributed by atoms with Gasteiger partial charge < -0.3 is 54.2 Å². The van der Waals surface area contributed by atoms with Crippen molar-refractivity contribution in [3.63, 3.8) is 0 Å². The Morgan fingerprint density at radius 2 is 1.52 bits per heavy atom. The summed E-state index contributed by atoms with van der Waals surface area (Å²) in [5.74, 6) is -6.44. The van der Waals surface area contributed by atoms with E-state index in [-0.39, 0.29) is 36.9 Å². The zero-order valence-corrected chi connectivity index (χ0v) is 26.0. The second-order valence-corrected chi connectivity index (χ2v) is 10.8. The van der Waals surface area contributed by atoms with E-state index in [1.165, 1.54) is 11.8 Å². The molecule has 13 N–H and O–H groups in total. The van der Waals surface area contributed by atoms with Crippen LogP contribution in [0.2, 0.25) is 0 Å². The van der Waals surface area contributed by atoms with Crippen molar-refractivity contribution < 1.29 is 38.7 Å². The molecule has 0 aliphatic carbocycles. The van der Waals surface area contributed by atoms with Crippen molar-refractivity contribution in [1.29, 1.82) is 0 Å². The molecule has 44 heavy (non-hydrogen) atoms. The maximum Gasteiger partial charge on any atom is 0.327 e. The van der Waals surface area contributed by atoms with E-state index >= 15 is 0 Å². The van der Waals surface area contributed by atoms with E-state index in [9.17, 15) is 33.6 Å². The molecule has 248 valence electrons. The number of aliphatic carboxylic acids is 1. The maximum absolute atomic E-state index is 13.2. The Balaban J connectivity index is 3.02. The van der Waals surface area contributed by atoms with Gasteiger partial charge in [0.25, 0.3) is 0 Å². The van der Waals surface area contributed by atoms with E-state index < -0.39 is 84.1 Å². The summed E-state index contributed by atoms with van der Waals surface area (Å²) in [6, 6.07) is -7.20. The van der Waals surface area contributed by atoms with Crippen molar-refractivity contribution in [2.75, 3.05) is 24.6 Å². The first-order chi connectivity index (χ1) is 20.6. The predicted octanol–water partition coefficient (Wildman–Crippen LogP) is -4.86. The lowest BCUT2D eigenvalue weighted by Gasteiger charge is -2.28. The molecular formula is C24H42N10O8S2. The number of nitrogens with zero attached hydrogens (tertiary/aromatic N) is 2. The fraction of sp³-hybridized carbons (Fsp3) is 0.667. The molecule has 0 unspecified atom stereocenters. The third-order valence-electron chi connectivity index (χ3n) is 6.52. The first-order valence-electron chi connectivity index (χ1n) is 13.7. The number of likely N-dealkylation sites (tertiary alicyclic amines) is 1. The highest BCUT2D eigenvalue weighted by atomic mass is 32.1. The van der Waals surface area contributed by atoms with Gasteiger partial charge in [0.05, 0.1) is 12.5 Å². The summed E-state index contributed by atoms with van der Waals surface area (Å²) in [4.78, 5) is 92.5. The van der Waals surface area contributed by atoms with Crippen molar-refractivity contribution in [3.05, 3.63) is 0 Å². The molecule has 0 aromatic carbocycles. The predicted molar refractivity (Wildman–Crippen MR) is 165 cm³/mol. The number of hydrogen-bond donors (Lipinski definition) is 11. The van der Waals surface area contributed by atoms with E-state index in [0.29, 0.717) is 19.4 Å². The van der Waals surface area contributed by atoms with Crippen molar-refractivity contribution in [2.45, 2.75) is 75.3 Å².